The summed E-state index contributed by atoms with van der Waals surface area (Å²) in [5.74, 6) is 5.08. The van der Waals surface area contributed by atoms with Gasteiger partial charge in [0.1, 0.15) is 0 Å². The van der Waals surface area contributed by atoms with E-state index >= 15 is 0 Å². The molecular formula is C29H48O. The smallest absolute Gasteiger partial charge is 0.0577 e. The molecule has 0 radical (unpaired) electrons. The van der Waals surface area contributed by atoms with Crippen LogP contribution in [-0.2, 0) is 0 Å². The molecule has 3 saturated carbocycles. The molecule has 170 valence electrons. The molecule has 0 bridgehead atoms. The summed E-state index contributed by atoms with van der Waals surface area (Å²) in [6.07, 6.45) is 16.5. The van der Waals surface area contributed by atoms with Crippen LogP contribution in [0.15, 0.2) is 23.8 Å². The molecule has 1 N–H and O–H groups in total. The summed E-state index contributed by atoms with van der Waals surface area (Å²) in [5.41, 5.74) is 4.01. The summed E-state index contributed by atoms with van der Waals surface area (Å²) < 4.78 is 0. The minimum absolute atomic E-state index is 0.0865. The Bertz CT molecular complexity index is 676. The van der Waals surface area contributed by atoms with Crippen LogP contribution in [0.5, 0.6) is 0 Å². The van der Waals surface area contributed by atoms with Crippen LogP contribution in [0, 0.1) is 46.3 Å². The van der Waals surface area contributed by atoms with Gasteiger partial charge < -0.3 is 5.11 Å². The Hall–Kier alpha value is -0.560. The highest BCUT2D eigenvalue weighted by Gasteiger charge is 2.59. The molecule has 0 amide bonds. The third-order valence-corrected chi connectivity index (χ3v) is 11.1. The van der Waals surface area contributed by atoms with Gasteiger partial charge in [0.05, 0.1) is 6.10 Å². The minimum Gasteiger partial charge on any atom is -0.393 e. The molecule has 4 aliphatic carbocycles. The molecule has 1 heteroatoms. The number of allylic oxidation sites excluding steroid dienone is 2. The van der Waals surface area contributed by atoms with E-state index in [1.54, 1.807) is 5.57 Å². The molecule has 0 aliphatic heterocycles. The predicted molar refractivity (Wildman–Crippen MR) is 128 cm³/mol. The van der Waals surface area contributed by atoms with Crippen molar-refractivity contribution in [3.63, 3.8) is 0 Å². The highest BCUT2D eigenvalue weighted by Crippen LogP contribution is 2.67. The van der Waals surface area contributed by atoms with Crippen molar-refractivity contribution in [3.05, 3.63) is 23.8 Å². The van der Waals surface area contributed by atoms with Gasteiger partial charge in [-0.05, 0) is 117 Å². The van der Waals surface area contributed by atoms with Gasteiger partial charge in [-0.15, -0.1) is 0 Å². The molecule has 0 aromatic rings. The number of fused-ring (bicyclic) bond motifs is 5. The van der Waals surface area contributed by atoms with Crippen molar-refractivity contribution in [2.24, 2.45) is 46.3 Å². The first-order valence-electron chi connectivity index (χ1n) is 13.3. The molecule has 9 atom stereocenters. The third kappa shape index (κ3) is 3.66. The second-order valence-electron chi connectivity index (χ2n) is 12.4. The fourth-order valence-electron chi connectivity index (χ4n) is 8.77. The van der Waals surface area contributed by atoms with Gasteiger partial charge in [0.2, 0.25) is 0 Å². The van der Waals surface area contributed by atoms with Gasteiger partial charge in [-0.3, -0.25) is 0 Å². The lowest BCUT2D eigenvalue weighted by Gasteiger charge is -2.58. The first-order valence-corrected chi connectivity index (χ1v) is 13.3. The fourth-order valence-corrected chi connectivity index (χ4v) is 8.77. The lowest BCUT2D eigenvalue weighted by molar-refractivity contribution is -0.0571. The second kappa shape index (κ2) is 8.42. The summed E-state index contributed by atoms with van der Waals surface area (Å²) in [7, 11) is 0. The molecule has 0 spiro atoms. The number of hydrogen-bond acceptors (Lipinski definition) is 1. The van der Waals surface area contributed by atoms with E-state index < -0.39 is 0 Å². The molecule has 3 fully saturated rings. The molecular weight excluding hydrogens is 364 g/mol. The van der Waals surface area contributed by atoms with E-state index in [1.807, 2.05) is 0 Å². The monoisotopic (exact) mass is 412 g/mol. The summed E-state index contributed by atoms with van der Waals surface area (Å²) in [4.78, 5) is 0. The van der Waals surface area contributed by atoms with E-state index in [4.69, 9.17) is 0 Å². The average molecular weight is 413 g/mol. The van der Waals surface area contributed by atoms with Gasteiger partial charge in [-0.25, -0.2) is 0 Å². The number of hydrogen-bond donors (Lipinski definition) is 1. The molecule has 0 saturated heterocycles. The van der Waals surface area contributed by atoms with E-state index in [1.165, 1.54) is 63.4 Å². The number of aliphatic hydroxyl groups is 1. The predicted octanol–water partition coefficient (Wildman–Crippen LogP) is 7.94. The van der Waals surface area contributed by atoms with Gasteiger partial charge in [0.15, 0.2) is 0 Å². The largest absolute Gasteiger partial charge is 0.393 e. The number of aliphatic hydroxyl groups excluding tert-OH is 1. The zero-order valence-corrected chi connectivity index (χ0v) is 20.6. The van der Waals surface area contributed by atoms with Crippen LogP contribution in [0.25, 0.3) is 0 Å². The first kappa shape index (κ1) is 22.6. The third-order valence-electron chi connectivity index (χ3n) is 11.1. The van der Waals surface area contributed by atoms with Crippen molar-refractivity contribution in [3.8, 4) is 0 Å². The first-order chi connectivity index (χ1) is 14.2. The molecule has 0 aromatic carbocycles. The van der Waals surface area contributed by atoms with E-state index in [2.05, 4.69) is 47.3 Å². The van der Waals surface area contributed by atoms with E-state index in [9.17, 15) is 5.11 Å². The minimum atomic E-state index is -0.0865. The maximum Gasteiger partial charge on any atom is 0.0577 e. The van der Waals surface area contributed by atoms with E-state index in [0.717, 1.165) is 42.4 Å². The Balaban J connectivity index is 1.47. The molecule has 0 aromatic heterocycles. The SMILES string of the molecule is C=C(CC[C@@H](C)[C@@H]1CC[C@H]2[C@@H]3CC=C4C[C@@H](O)CC[C@]4(C)[C@H]3CC[C@@]21C)[C@@H](C)CC. The molecule has 30 heavy (non-hydrogen) atoms. The summed E-state index contributed by atoms with van der Waals surface area (Å²) in [6, 6.07) is 0. The van der Waals surface area contributed by atoms with Gasteiger partial charge in [-0.1, -0.05) is 58.4 Å². The van der Waals surface area contributed by atoms with Crippen molar-refractivity contribution >= 4 is 0 Å². The van der Waals surface area contributed by atoms with Crippen molar-refractivity contribution < 1.29 is 5.11 Å². The maximum atomic E-state index is 10.2. The quantitative estimate of drug-likeness (QED) is 0.439. The van der Waals surface area contributed by atoms with Gasteiger partial charge >= 0.3 is 0 Å². The lowest BCUT2D eigenvalue weighted by atomic mass is 9.47. The second-order valence-corrected chi connectivity index (χ2v) is 12.4. The van der Waals surface area contributed by atoms with Crippen LogP contribution in [0.2, 0.25) is 0 Å². The van der Waals surface area contributed by atoms with Crippen molar-refractivity contribution in [1.29, 1.82) is 0 Å². The van der Waals surface area contributed by atoms with E-state index in [0.29, 0.717) is 16.7 Å². The Labute approximate surface area is 186 Å². The Morgan fingerprint density at radius 2 is 1.90 bits per heavy atom. The summed E-state index contributed by atoms with van der Waals surface area (Å²) in [6.45, 7) is 16.8. The Morgan fingerprint density at radius 3 is 2.63 bits per heavy atom. The van der Waals surface area contributed by atoms with Gasteiger partial charge in [0, 0.05) is 0 Å². The van der Waals surface area contributed by atoms with Crippen LogP contribution in [0.1, 0.15) is 105 Å². The van der Waals surface area contributed by atoms with Gasteiger partial charge in [0.25, 0.3) is 0 Å². The lowest BCUT2D eigenvalue weighted by Crippen LogP contribution is -2.50. The van der Waals surface area contributed by atoms with Gasteiger partial charge in [-0.2, -0.15) is 0 Å². The molecule has 4 aliphatic rings. The zero-order chi connectivity index (χ0) is 21.7. The summed E-state index contributed by atoms with van der Waals surface area (Å²) >= 11 is 0. The fraction of sp³-hybridized carbons (Fsp3) is 0.862. The highest BCUT2D eigenvalue weighted by molar-refractivity contribution is 5.25. The molecule has 0 unspecified atom stereocenters. The normalized spacial score (nSPS) is 45.0. The molecule has 4 rings (SSSR count). The Kier molecular flexibility index (Phi) is 6.35. The zero-order valence-electron chi connectivity index (χ0n) is 20.6. The van der Waals surface area contributed by atoms with Crippen molar-refractivity contribution in [1.82, 2.24) is 0 Å². The molecule has 0 heterocycles. The number of rotatable bonds is 6. The topological polar surface area (TPSA) is 20.2 Å². The van der Waals surface area contributed by atoms with Crippen LogP contribution in [0.3, 0.4) is 0 Å². The highest BCUT2D eigenvalue weighted by atomic mass is 16.3. The van der Waals surface area contributed by atoms with Crippen LogP contribution in [0.4, 0.5) is 0 Å². The maximum absolute atomic E-state index is 10.2. The van der Waals surface area contributed by atoms with E-state index in [-0.39, 0.29) is 6.10 Å². The van der Waals surface area contributed by atoms with Crippen LogP contribution in [-0.4, -0.2) is 11.2 Å². The summed E-state index contributed by atoms with van der Waals surface area (Å²) in [5, 5.41) is 10.2. The van der Waals surface area contributed by atoms with Crippen molar-refractivity contribution in [2.45, 2.75) is 111 Å². The average Bonchev–Trinajstić information content (AvgIpc) is 3.09. The standard InChI is InChI=1S/C29H48O/c1-7-19(2)20(3)8-9-21(4)25-12-13-26-24-11-10-22-18-23(30)14-16-28(22,5)27(24)15-17-29(25,26)6/h10,19,21,23-27,30H,3,7-9,11-18H2,1-2,4-6H3/t19-,21+,23-,24-,25-,26-,27-,28-,29+/m0/s1. The Morgan fingerprint density at radius 1 is 1.13 bits per heavy atom. The van der Waals surface area contributed by atoms with Crippen LogP contribution < -0.4 is 0 Å². The van der Waals surface area contributed by atoms with Crippen molar-refractivity contribution in [2.75, 3.05) is 0 Å². The molecule has 1 nitrogen and oxygen atoms in total. The van der Waals surface area contributed by atoms with Crippen LogP contribution >= 0.6 is 0 Å².